The minimum Gasteiger partial charge on any atom is -0.370 e. The SMILES string of the molecule is C=C(S)N(C)CC. The van der Waals surface area contributed by atoms with E-state index in [-0.39, 0.29) is 0 Å². The zero-order chi connectivity index (χ0) is 5.86. The number of nitrogens with zero attached hydrogens (tertiary/aromatic N) is 1. The molecule has 0 fully saturated rings. The largest absolute Gasteiger partial charge is 0.370 e. The van der Waals surface area contributed by atoms with Gasteiger partial charge in [0.1, 0.15) is 0 Å². The van der Waals surface area contributed by atoms with E-state index in [1.165, 1.54) is 0 Å². The Morgan fingerprint density at radius 2 is 2.29 bits per heavy atom. The molecule has 2 heteroatoms. The average molecular weight is 117 g/mol. The molecule has 0 radical (unpaired) electrons. The summed E-state index contributed by atoms with van der Waals surface area (Å²) >= 11 is 4.00. The first-order chi connectivity index (χ1) is 3.18. The molecule has 7 heavy (non-hydrogen) atoms. The van der Waals surface area contributed by atoms with Gasteiger partial charge >= 0.3 is 0 Å². The van der Waals surface area contributed by atoms with E-state index >= 15 is 0 Å². The Labute approximate surface area is 50.4 Å². The standard InChI is InChI=1S/C5H11NS/c1-4-6(3)5(2)7/h7H,2,4H2,1,3H3. The quantitative estimate of drug-likeness (QED) is 0.534. The Morgan fingerprint density at radius 1 is 1.86 bits per heavy atom. The van der Waals surface area contributed by atoms with Crippen LogP contribution in [0.25, 0.3) is 0 Å². The topological polar surface area (TPSA) is 3.24 Å². The van der Waals surface area contributed by atoms with Crippen LogP contribution in [0.1, 0.15) is 6.92 Å². The lowest BCUT2D eigenvalue weighted by Crippen LogP contribution is -2.11. The lowest BCUT2D eigenvalue weighted by Gasteiger charge is -2.13. The van der Waals surface area contributed by atoms with Crippen molar-refractivity contribution in [3.63, 3.8) is 0 Å². The van der Waals surface area contributed by atoms with Gasteiger partial charge in [-0.1, -0.05) is 6.58 Å². The van der Waals surface area contributed by atoms with Crippen LogP contribution in [0.5, 0.6) is 0 Å². The fourth-order valence-electron chi connectivity index (χ4n) is 0.183. The molecule has 0 aliphatic carbocycles. The van der Waals surface area contributed by atoms with Gasteiger partial charge < -0.3 is 4.90 Å². The molecule has 0 N–H and O–H groups in total. The Balaban J connectivity index is 3.34. The van der Waals surface area contributed by atoms with Crippen molar-refractivity contribution in [2.75, 3.05) is 13.6 Å². The molecule has 1 nitrogen and oxygen atoms in total. The molecule has 0 amide bonds. The first kappa shape index (κ1) is 6.89. The van der Waals surface area contributed by atoms with Crippen LogP contribution in [0.3, 0.4) is 0 Å². The molecule has 0 aromatic heterocycles. The normalized spacial score (nSPS) is 8.43. The van der Waals surface area contributed by atoms with Crippen molar-refractivity contribution in [2.24, 2.45) is 0 Å². The van der Waals surface area contributed by atoms with Gasteiger partial charge in [-0.05, 0) is 6.92 Å². The molecule has 0 saturated heterocycles. The van der Waals surface area contributed by atoms with E-state index < -0.39 is 0 Å². The van der Waals surface area contributed by atoms with Gasteiger partial charge in [0, 0.05) is 13.6 Å². The summed E-state index contributed by atoms with van der Waals surface area (Å²) in [5, 5.41) is 0.822. The third kappa shape index (κ3) is 2.57. The van der Waals surface area contributed by atoms with E-state index in [4.69, 9.17) is 0 Å². The third-order valence-electron chi connectivity index (χ3n) is 0.915. The van der Waals surface area contributed by atoms with Gasteiger partial charge in [0.25, 0.3) is 0 Å². The van der Waals surface area contributed by atoms with Crippen molar-refractivity contribution >= 4 is 12.6 Å². The highest BCUT2D eigenvalue weighted by Gasteiger charge is 1.87. The van der Waals surface area contributed by atoms with Crippen molar-refractivity contribution in [3.8, 4) is 0 Å². The van der Waals surface area contributed by atoms with Crippen LogP contribution >= 0.6 is 12.6 Å². The zero-order valence-electron chi connectivity index (χ0n) is 4.81. The second kappa shape index (κ2) is 2.97. The molecule has 0 aromatic rings. The lowest BCUT2D eigenvalue weighted by molar-refractivity contribution is 0.475. The predicted octanol–water partition coefficient (Wildman–Crippen LogP) is 1.34. The lowest BCUT2D eigenvalue weighted by atomic mass is 10.6. The molecular formula is C5H11NS. The highest BCUT2D eigenvalue weighted by Crippen LogP contribution is 1.99. The van der Waals surface area contributed by atoms with E-state index in [0.29, 0.717) is 0 Å². The summed E-state index contributed by atoms with van der Waals surface area (Å²) in [6, 6.07) is 0. The number of hydrogen-bond acceptors (Lipinski definition) is 2. The number of thiol groups is 1. The van der Waals surface area contributed by atoms with Gasteiger partial charge in [0.15, 0.2) is 0 Å². The molecule has 0 saturated carbocycles. The van der Waals surface area contributed by atoms with E-state index in [1.807, 2.05) is 11.9 Å². The molecular weight excluding hydrogens is 106 g/mol. The summed E-state index contributed by atoms with van der Waals surface area (Å²) in [5.41, 5.74) is 0. The maximum Gasteiger partial charge on any atom is 0.0600 e. The maximum atomic E-state index is 4.00. The molecule has 0 unspecified atom stereocenters. The average Bonchev–Trinajstić information content (AvgIpc) is 1.65. The molecule has 42 valence electrons. The Morgan fingerprint density at radius 3 is 2.29 bits per heavy atom. The van der Waals surface area contributed by atoms with E-state index in [0.717, 1.165) is 11.6 Å². The molecule has 0 rings (SSSR count). The summed E-state index contributed by atoms with van der Waals surface area (Å²) in [7, 11) is 1.95. The van der Waals surface area contributed by atoms with Gasteiger partial charge in [-0.15, -0.1) is 12.6 Å². The molecule has 0 heterocycles. The fourth-order valence-corrected chi connectivity index (χ4v) is 0.324. The number of rotatable bonds is 2. The van der Waals surface area contributed by atoms with Crippen molar-refractivity contribution in [2.45, 2.75) is 6.92 Å². The van der Waals surface area contributed by atoms with Crippen LogP contribution < -0.4 is 0 Å². The Hall–Kier alpha value is -0.110. The van der Waals surface area contributed by atoms with Crippen LogP contribution in [-0.2, 0) is 0 Å². The summed E-state index contributed by atoms with van der Waals surface area (Å²) in [4.78, 5) is 1.96. The highest BCUT2D eigenvalue weighted by atomic mass is 32.1. The highest BCUT2D eigenvalue weighted by molar-refractivity contribution is 7.84. The van der Waals surface area contributed by atoms with Crippen molar-refractivity contribution in [1.29, 1.82) is 0 Å². The minimum absolute atomic E-state index is 0.822. The summed E-state index contributed by atoms with van der Waals surface area (Å²) in [5.74, 6) is 0. The van der Waals surface area contributed by atoms with Gasteiger partial charge in [-0.3, -0.25) is 0 Å². The summed E-state index contributed by atoms with van der Waals surface area (Å²) < 4.78 is 0. The minimum atomic E-state index is 0.822. The van der Waals surface area contributed by atoms with E-state index in [1.54, 1.807) is 0 Å². The molecule has 0 bridgehead atoms. The second-order valence-corrected chi connectivity index (χ2v) is 1.95. The van der Waals surface area contributed by atoms with Gasteiger partial charge in [-0.25, -0.2) is 0 Å². The number of hydrogen-bond donors (Lipinski definition) is 1. The molecule has 0 aliphatic heterocycles. The monoisotopic (exact) mass is 117 g/mol. The molecule has 0 spiro atoms. The van der Waals surface area contributed by atoms with Gasteiger partial charge in [-0.2, -0.15) is 0 Å². The summed E-state index contributed by atoms with van der Waals surface area (Å²) in [6.45, 7) is 6.65. The first-order valence-electron chi connectivity index (χ1n) is 2.27. The van der Waals surface area contributed by atoms with Crippen LogP contribution in [0.2, 0.25) is 0 Å². The van der Waals surface area contributed by atoms with Gasteiger partial charge in [0.2, 0.25) is 0 Å². The van der Waals surface area contributed by atoms with Crippen LogP contribution in [0, 0.1) is 0 Å². The van der Waals surface area contributed by atoms with E-state index in [9.17, 15) is 0 Å². The molecule has 0 aromatic carbocycles. The van der Waals surface area contributed by atoms with Crippen molar-refractivity contribution < 1.29 is 0 Å². The van der Waals surface area contributed by atoms with Crippen LogP contribution in [-0.4, -0.2) is 18.5 Å². The fraction of sp³-hybridized carbons (Fsp3) is 0.600. The van der Waals surface area contributed by atoms with Gasteiger partial charge in [0.05, 0.1) is 5.03 Å². The first-order valence-corrected chi connectivity index (χ1v) is 2.72. The Kier molecular flexibility index (Phi) is 2.92. The van der Waals surface area contributed by atoms with Crippen molar-refractivity contribution in [3.05, 3.63) is 11.6 Å². The van der Waals surface area contributed by atoms with Crippen molar-refractivity contribution in [1.82, 2.24) is 4.90 Å². The zero-order valence-corrected chi connectivity index (χ0v) is 5.70. The van der Waals surface area contributed by atoms with E-state index in [2.05, 4.69) is 26.1 Å². The van der Waals surface area contributed by atoms with Crippen LogP contribution in [0.15, 0.2) is 11.6 Å². The third-order valence-corrected chi connectivity index (χ3v) is 1.26. The second-order valence-electron chi connectivity index (χ2n) is 1.43. The summed E-state index contributed by atoms with van der Waals surface area (Å²) in [6.07, 6.45) is 0. The predicted molar refractivity (Wildman–Crippen MR) is 36.4 cm³/mol. The maximum absolute atomic E-state index is 4.00. The molecule has 0 aliphatic rings. The van der Waals surface area contributed by atoms with Crippen LogP contribution in [0.4, 0.5) is 0 Å². The smallest absolute Gasteiger partial charge is 0.0600 e. The molecule has 0 atom stereocenters. The Bertz CT molecular complexity index is 70.5.